The second-order valence-electron chi connectivity index (χ2n) is 0.676. The summed E-state index contributed by atoms with van der Waals surface area (Å²) in [4.78, 5) is 5.31. The summed E-state index contributed by atoms with van der Waals surface area (Å²) in [6.07, 6.45) is 0. The maximum atomic E-state index is 3.16. The van der Waals surface area contributed by atoms with Gasteiger partial charge < -0.3 is 0 Å². The molecule has 0 heterocycles. The van der Waals surface area contributed by atoms with Crippen molar-refractivity contribution in [3.63, 3.8) is 0 Å². The molecule has 0 aromatic carbocycles. The Bertz CT molecular complexity index is 39.0. The monoisotopic (exact) mass is 278 g/mol. The Morgan fingerprint density at radius 3 is 2.14 bits per heavy atom. The van der Waals surface area contributed by atoms with Gasteiger partial charge in [-0.1, -0.05) is 0 Å². The standard InChI is InChI=1S/C4H7Se2.Cu/c1-5-3-4-6-2;/h3H,1-2H3;/q-1;+1. The molecule has 0 aromatic rings. The summed E-state index contributed by atoms with van der Waals surface area (Å²) in [5.74, 6) is 4.35. The number of rotatable bonds is 2. The van der Waals surface area contributed by atoms with Crippen molar-refractivity contribution in [2.45, 2.75) is 11.6 Å². The Hall–Kier alpha value is 1.30. The molecule has 0 N–H and O–H groups in total. The molecule has 0 aliphatic carbocycles. The van der Waals surface area contributed by atoms with Crippen molar-refractivity contribution in [1.29, 1.82) is 0 Å². The quantitative estimate of drug-likeness (QED) is 0.516. The van der Waals surface area contributed by atoms with E-state index in [0.717, 1.165) is 0 Å². The van der Waals surface area contributed by atoms with Gasteiger partial charge in [0, 0.05) is 0 Å². The van der Waals surface area contributed by atoms with Crippen LogP contribution in [0.3, 0.4) is 0 Å². The van der Waals surface area contributed by atoms with E-state index in [9.17, 15) is 0 Å². The van der Waals surface area contributed by atoms with Gasteiger partial charge in [0.05, 0.1) is 0 Å². The Kier molecular flexibility index (Phi) is 16.4. The van der Waals surface area contributed by atoms with Gasteiger partial charge in [-0.25, -0.2) is 0 Å². The second kappa shape index (κ2) is 10.3. The van der Waals surface area contributed by atoms with Crippen molar-refractivity contribution in [2.75, 3.05) is 0 Å². The Morgan fingerprint density at radius 2 is 2.00 bits per heavy atom. The second-order valence-corrected chi connectivity index (χ2v) is 3.51. The van der Waals surface area contributed by atoms with Gasteiger partial charge in [0.1, 0.15) is 0 Å². The third kappa shape index (κ3) is 11.1. The summed E-state index contributed by atoms with van der Waals surface area (Å²) in [7, 11) is 0. The van der Waals surface area contributed by atoms with Gasteiger partial charge in [-0.2, -0.15) is 0 Å². The van der Waals surface area contributed by atoms with E-state index >= 15 is 0 Å². The molecule has 0 radical (unpaired) electrons. The molecule has 0 amide bonds. The van der Waals surface area contributed by atoms with Gasteiger partial charge in [-0.05, 0) is 0 Å². The van der Waals surface area contributed by atoms with E-state index in [2.05, 4.69) is 21.6 Å². The van der Waals surface area contributed by atoms with Crippen LogP contribution in [0, 0.1) is 4.97 Å². The molecule has 46 valence electrons. The summed E-state index contributed by atoms with van der Waals surface area (Å²) in [6.45, 7) is 0. The van der Waals surface area contributed by atoms with Crippen LogP contribution in [0.5, 0.6) is 0 Å². The van der Waals surface area contributed by atoms with Crippen LogP contribution in [0.15, 0.2) is 4.97 Å². The number of hydrogen-bond acceptors (Lipinski definition) is 0. The van der Waals surface area contributed by atoms with Crippen molar-refractivity contribution in [3.05, 3.63) is 9.95 Å². The van der Waals surface area contributed by atoms with Crippen LogP contribution in [-0.2, 0) is 17.1 Å². The van der Waals surface area contributed by atoms with Crippen molar-refractivity contribution < 1.29 is 17.1 Å². The SMILES string of the molecule is C[Se][C-]=C[Se]C.[Cu+]. The molecule has 0 atom stereocenters. The molecule has 0 spiro atoms. The molecular weight excluding hydrogens is 270 g/mol. The molecule has 0 aliphatic rings. The first kappa shape index (κ1) is 11.1. The average Bonchev–Trinajstić information content (AvgIpc) is 1.61. The van der Waals surface area contributed by atoms with Crippen LogP contribution in [0.1, 0.15) is 0 Å². The smallest absolute Gasteiger partial charge is 1.00 e. The van der Waals surface area contributed by atoms with E-state index in [1.54, 1.807) is 0 Å². The minimum absolute atomic E-state index is 0. The van der Waals surface area contributed by atoms with Gasteiger partial charge in [-0.15, -0.1) is 0 Å². The molecule has 0 aromatic heterocycles. The molecule has 0 nitrogen and oxygen atoms in total. The van der Waals surface area contributed by atoms with Crippen LogP contribution >= 0.6 is 0 Å². The van der Waals surface area contributed by atoms with Crippen LogP contribution in [0.25, 0.3) is 0 Å². The molecule has 0 unspecified atom stereocenters. The molecule has 3 heteroatoms. The Balaban J connectivity index is 0. The van der Waals surface area contributed by atoms with E-state index < -0.39 is 0 Å². The van der Waals surface area contributed by atoms with Gasteiger partial charge in [0.2, 0.25) is 0 Å². The first-order valence-corrected chi connectivity index (χ1v) is 6.82. The largest absolute Gasteiger partial charge is 1.00 e. The third-order valence-electron chi connectivity index (χ3n) is 0.284. The first-order chi connectivity index (χ1) is 2.91. The summed E-state index contributed by atoms with van der Waals surface area (Å²) in [6, 6.07) is 0. The van der Waals surface area contributed by atoms with Crippen LogP contribution in [0.2, 0.25) is 11.6 Å². The molecule has 0 saturated carbocycles. The predicted molar refractivity (Wildman–Crippen MR) is 31.0 cm³/mol. The fraction of sp³-hybridized carbons (Fsp3) is 0.500. The molecule has 7 heavy (non-hydrogen) atoms. The summed E-state index contributed by atoms with van der Waals surface area (Å²) >= 11 is 1.34. The van der Waals surface area contributed by atoms with Crippen LogP contribution in [0.4, 0.5) is 0 Å². The Morgan fingerprint density at radius 1 is 1.43 bits per heavy atom. The van der Waals surface area contributed by atoms with E-state index in [-0.39, 0.29) is 17.1 Å². The van der Waals surface area contributed by atoms with Crippen molar-refractivity contribution in [3.8, 4) is 0 Å². The van der Waals surface area contributed by atoms with E-state index in [0.29, 0.717) is 29.9 Å². The van der Waals surface area contributed by atoms with Crippen molar-refractivity contribution in [2.24, 2.45) is 0 Å². The zero-order valence-corrected chi connectivity index (χ0v) is 8.56. The van der Waals surface area contributed by atoms with Crippen LogP contribution in [-0.4, -0.2) is 29.9 Å². The fourth-order valence-electron chi connectivity index (χ4n) is 0.0962. The fourth-order valence-corrected chi connectivity index (χ4v) is 2.60. The van der Waals surface area contributed by atoms with Gasteiger partial charge >= 0.3 is 68.6 Å². The Labute approximate surface area is 68.3 Å². The maximum Gasteiger partial charge on any atom is 1.00 e. The van der Waals surface area contributed by atoms with E-state index in [4.69, 9.17) is 0 Å². The molecule has 0 saturated heterocycles. The van der Waals surface area contributed by atoms with Crippen molar-refractivity contribution >= 4 is 29.9 Å². The summed E-state index contributed by atoms with van der Waals surface area (Å²) < 4.78 is 0. The maximum absolute atomic E-state index is 3.16. The molecule has 0 aliphatic heterocycles. The minimum atomic E-state index is 0. The zero-order valence-electron chi connectivity index (χ0n) is 4.20. The zero-order chi connectivity index (χ0) is 4.83. The van der Waals surface area contributed by atoms with Gasteiger partial charge in [0.15, 0.2) is 0 Å². The topological polar surface area (TPSA) is 0 Å². The summed E-state index contributed by atoms with van der Waals surface area (Å²) in [5, 5.41) is 0. The minimum Gasteiger partial charge on any atom is 1.00 e. The molecule has 0 fully saturated rings. The molecular formula is C4H7CuSe2. The predicted octanol–water partition coefficient (Wildman–Crippen LogP) is 0.763. The van der Waals surface area contributed by atoms with Crippen molar-refractivity contribution in [1.82, 2.24) is 0 Å². The van der Waals surface area contributed by atoms with Gasteiger partial charge in [-0.3, -0.25) is 0 Å². The first-order valence-electron chi connectivity index (χ1n) is 1.54. The third-order valence-corrected chi connectivity index (χ3v) is 2.52. The van der Waals surface area contributed by atoms with E-state index in [1.165, 1.54) is 0 Å². The average molecular weight is 277 g/mol. The number of hydrogen-bond donors (Lipinski definition) is 0. The molecule has 0 rings (SSSR count). The summed E-state index contributed by atoms with van der Waals surface area (Å²) in [5.41, 5.74) is 0. The molecule has 0 bridgehead atoms. The normalized spacial score (nSPS) is 8.86. The van der Waals surface area contributed by atoms with Crippen LogP contribution < -0.4 is 0 Å². The van der Waals surface area contributed by atoms with Gasteiger partial charge in [0.25, 0.3) is 0 Å². The van der Waals surface area contributed by atoms with E-state index in [1.807, 2.05) is 0 Å².